The zero-order chi connectivity index (χ0) is 19.5. The van der Waals surface area contributed by atoms with E-state index in [0.717, 1.165) is 11.1 Å². The van der Waals surface area contributed by atoms with Gasteiger partial charge in [-0.1, -0.05) is 12.1 Å². The number of aryl methyl sites for hydroxylation is 3. The van der Waals surface area contributed by atoms with Crippen molar-refractivity contribution >= 4 is 27.5 Å². The zero-order valence-electron chi connectivity index (χ0n) is 14.8. The standard InChI is InChI=1S/C18H21N3O4S/c1-11-4-6-14(8-13(11)3)18(23)20-10-17(22)21-15-7-5-12(2)16(9-15)26(19,24)25/h4-9H,10H2,1-3H3,(H,20,23)(H,21,22)(H2,19,24,25). The lowest BCUT2D eigenvalue weighted by Crippen LogP contribution is -2.33. The van der Waals surface area contributed by atoms with Crippen molar-refractivity contribution in [1.82, 2.24) is 5.32 Å². The first-order valence-corrected chi connectivity index (χ1v) is 9.41. The Kier molecular flexibility index (Phi) is 5.79. The van der Waals surface area contributed by atoms with Gasteiger partial charge in [-0.15, -0.1) is 0 Å². The summed E-state index contributed by atoms with van der Waals surface area (Å²) in [5.41, 5.74) is 3.29. The second-order valence-corrected chi connectivity index (χ2v) is 7.59. The third-order valence-electron chi connectivity index (χ3n) is 3.96. The minimum atomic E-state index is -3.88. The van der Waals surface area contributed by atoms with E-state index >= 15 is 0 Å². The molecule has 0 heterocycles. The van der Waals surface area contributed by atoms with Crippen molar-refractivity contribution in [3.05, 3.63) is 58.7 Å². The molecule has 4 N–H and O–H groups in total. The molecule has 0 unspecified atom stereocenters. The molecule has 7 nitrogen and oxygen atoms in total. The third-order valence-corrected chi connectivity index (χ3v) is 5.01. The van der Waals surface area contributed by atoms with E-state index in [9.17, 15) is 18.0 Å². The molecule has 138 valence electrons. The molecule has 0 aliphatic rings. The molecule has 0 saturated carbocycles. The molecule has 2 aromatic carbocycles. The van der Waals surface area contributed by atoms with Crippen LogP contribution >= 0.6 is 0 Å². The number of rotatable bonds is 5. The summed E-state index contributed by atoms with van der Waals surface area (Å²) in [6, 6.07) is 9.67. The van der Waals surface area contributed by atoms with Crippen LogP contribution in [0.2, 0.25) is 0 Å². The Bertz CT molecular complexity index is 968. The average Bonchev–Trinajstić information content (AvgIpc) is 2.56. The van der Waals surface area contributed by atoms with Crippen LogP contribution in [0.5, 0.6) is 0 Å². The Morgan fingerprint density at radius 1 is 0.962 bits per heavy atom. The van der Waals surface area contributed by atoms with Gasteiger partial charge < -0.3 is 10.6 Å². The van der Waals surface area contributed by atoms with Gasteiger partial charge in [0.05, 0.1) is 11.4 Å². The fraction of sp³-hybridized carbons (Fsp3) is 0.222. The molecule has 0 aliphatic carbocycles. The van der Waals surface area contributed by atoms with E-state index in [1.807, 2.05) is 19.9 Å². The number of benzene rings is 2. The Morgan fingerprint density at radius 2 is 1.62 bits per heavy atom. The van der Waals surface area contributed by atoms with Gasteiger partial charge in [0.25, 0.3) is 5.91 Å². The van der Waals surface area contributed by atoms with Gasteiger partial charge in [0.2, 0.25) is 15.9 Å². The number of carbonyl (C=O) groups excluding carboxylic acids is 2. The Morgan fingerprint density at radius 3 is 2.23 bits per heavy atom. The topological polar surface area (TPSA) is 118 Å². The number of hydrogen-bond donors (Lipinski definition) is 3. The summed E-state index contributed by atoms with van der Waals surface area (Å²) in [6.07, 6.45) is 0. The Labute approximate surface area is 152 Å². The molecule has 0 fully saturated rings. The van der Waals surface area contributed by atoms with Gasteiger partial charge >= 0.3 is 0 Å². The monoisotopic (exact) mass is 375 g/mol. The molecule has 2 aromatic rings. The molecule has 0 atom stereocenters. The first-order chi connectivity index (χ1) is 12.1. The van der Waals surface area contributed by atoms with Gasteiger partial charge in [0.15, 0.2) is 0 Å². The Balaban J connectivity index is 2.01. The van der Waals surface area contributed by atoms with Gasteiger partial charge in [-0.25, -0.2) is 13.6 Å². The van der Waals surface area contributed by atoms with Gasteiger partial charge in [-0.3, -0.25) is 9.59 Å². The summed E-state index contributed by atoms with van der Waals surface area (Å²) in [7, 11) is -3.88. The van der Waals surface area contributed by atoms with Crippen molar-refractivity contribution in [1.29, 1.82) is 0 Å². The minimum Gasteiger partial charge on any atom is -0.343 e. The Hall–Kier alpha value is -2.71. The third kappa shape index (κ3) is 4.90. The number of nitrogens with two attached hydrogens (primary N) is 1. The molecule has 0 saturated heterocycles. The summed E-state index contributed by atoms with van der Waals surface area (Å²) in [5, 5.41) is 10.2. The number of sulfonamides is 1. The maximum Gasteiger partial charge on any atom is 0.251 e. The fourth-order valence-electron chi connectivity index (χ4n) is 2.33. The van der Waals surface area contributed by atoms with E-state index in [1.54, 1.807) is 31.2 Å². The van der Waals surface area contributed by atoms with Crippen LogP contribution in [-0.2, 0) is 14.8 Å². The van der Waals surface area contributed by atoms with Crippen molar-refractivity contribution in [2.75, 3.05) is 11.9 Å². The highest BCUT2D eigenvalue weighted by atomic mass is 32.2. The van der Waals surface area contributed by atoms with Crippen LogP contribution in [0.4, 0.5) is 5.69 Å². The van der Waals surface area contributed by atoms with Gasteiger partial charge in [-0.2, -0.15) is 0 Å². The molecule has 0 aliphatic heterocycles. The smallest absolute Gasteiger partial charge is 0.251 e. The summed E-state index contributed by atoms with van der Waals surface area (Å²) >= 11 is 0. The summed E-state index contributed by atoms with van der Waals surface area (Å²) < 4.78 is 23.0. The molecular weight excluding hydrogens is 354 g/mol. The molecule has 2 amide bonds. The maximum absolute atomic E-state index is 12.1. The first kappa shape index (κ1) is 19.6. The quantitative estimate of drug-likeness (QED) is 0.736. The van der Waals surface area contributed by atoms with E-state index in [2.05, 4.69) is 10.6 Å². The number of hydrogen-bond acceptors (Lipinski definition) is 4. The first-order valence-electron chi connectivity index (χ1n) is 7.86. The summed E-state index contributed by atoms with van der Waals surface area (Å²) in [4.78, 5) is 24.1. The predicted molar refractivity (Wildman–Crippen MR) is 99.4 cm³/mol. The van der Waals surface area contributed by atoms with E-state index in [4.69, 9.17) is 5.14 Å². The van der Waals surface area contributed by atoms with Crippen molar-refractivity contribution < 1.29 is 18.0 Å². The highest BCUT2D eigenvalue weighted by Crippen LogP contribution is 2.18. The number of carbonyl (C=O) groups is 2. The highest BCUT2D eigenvalue weighted by Gasteiger charge is 2.14. The number of anilines is 1. The van der Waals surface area contributed by atoms with Crippen molar-refractivity contribution in [3.8, 4) is 0 Å². The SMILES string of the molecule is Cc1ccc(C(=O)NCC(=O)Nc2ccc(C)c(S(N)(=O)=O)c2)cc1C. The zero-order valence-corrected chi connectivity index (χ0v) is 15.6. The largest absolute Gasteiger partial charge is 0.343 e. The average molecular weight is 375 g/mol. The van der Waals surface area contributed by atoms with Crippen LogP contribution in [0.25, 0.3) is 0 Å². The number of amides is 2. The van der Waals surface area contributed by atoms with Crippen molar-refractivity contribution in [3.63, 3.8) is 0 Å². The molecule has 0 radical (unpaired) electrons. The molecule has 0 spiro atoms. The number of nitrogens with one attached hydrogen (secondary N) is 2. The number of primary sulfonamides is 1. The lowest BCUT2D eigenvalue weighted by atomic mass is 10.1. The van der Waals surface area contributed by atoms with E-state index in [1.165, 1.54) is 6.07 Å². The molecule has 26 heavy (non-hydrogen) atoms. The minimum absolute atomic E-state index is 0.0607. The van der Waals surface area contributed by atoms with Crippen LogP contribution in [0.15, 0.2) is 41.3 Å². The lowest BCUT2D eigenvalue weighted by molar-refractivity contribution is -0.115. The van der Waals surface area contributed by atoms with Crippen molar-refractivity contribution in [2.45, 2.75) is 25.7 Å². The van der Waals surface area contributed by atoms with Gasteiger partial charge in [0.1, 0.15) is 0 Å². The summed E-state index contributed by atoms with van der Waals surface area (Å²) in [5.74, 6) is -0.844. The van der Waals surface area contributed by atoms with Crippen molar-refractivity contribution in [2.24, 2.45) is 5.14 Å². The fourth-order valence-corrected chi connectivity index (χ4v) is 3.14. The van der Waals surface area contributed by atoms with Crippen LogP contribution < -0.4 is 15.8 Å². The molecular formula is C18H21N3O4S. The van der Waals surface area contributed by atoms with Gasteiger partial charge in [-0.05, 0) is 61.7 Å². The van der Waals surface area contributed by atoms with E-state index in [-0.39, 0.29) is 23.0 Å². The van der Waals surface area contributed by atoms with Crippen LogP contribution in [0.1, 0.15) is 27.0 Å². The van der Waals surface area contributed by atoms with E-state index in [0.29, 0.717) is 11.1 Å². The predicted octanol–water partition coefficient (Wildman–Crippen LogP) is 1.63. The maximum atomic E-state index is 12.1. The molecule has 0 aromatic heterocycles. The molecule has 8 heteroatoms. The highest BCUT2D eigenvalue weighted by molar-refractivity contribution is 7.89. The lowest BCUT2D eigenvalue weighted by Gasteiger charge is -2.10. The van der Waals surface area contributed by atoms with E-state index < -0.39 is 15.9 Å². The summed E-state index contributed by atoms with van der Waals surface area (Å²) in [6.45, 7) is 5.21. The van der Waals surface area contributed by atoms with Gasteiger partial charge in [0, 0.05) is 11.3 Å². The van der Waals surface area contributed by atoms with Crippen LogP contribution in [0, 0.1) is 20.8 Å². The normalized spacial score (nSPS) is 11.1. The molecule has 2 rings (SSSR count). The van der Waals surface area contributed by atoms with Crippen LogP contribution in [-0.4, -0.2) is 26.8 Å². The second kappa shape index (κ2) is 7.67. The van der Waals surface area contributed by atoms with Crippen LogP contribution in [0.3, 0.4) is 0 Å². The molecule has 0 bridgehead atoms. The second-order valence-electron chi connectivity index (χ2n) is 6.06.